The predicted octanol–water partition coefficient (Wildman–Crippen LogP) is 3.71. The van der Waals surface area contributed by atoms with Gasteiger partial charge in [-0.15, -0.1) is 0 Å². The molecule has 0 amide bonds. The molecule has 2 nitrogen and oxygen atoms in total. The largest absolute Gasteiger partial charge is 0.265 e. The summed E-state index contributed by atoms with van der Waals surface area (Å²) in [5, 5.41) is 0. The molecule has 1 aromatic rings. The molecule has 0 unspecified atom stereocenters. The molecule has 0 radical (unpaired) electrons. The van der Waals surface area contributed by atoms with E-state index in [9.17, 15) is 0 Å². The molecular formula is C15H14N2. The number of hydrogen-bond acceptors (Lipinski definition) is 2. The van der Waals surface area contributed by atoms with Crippen molar-refractivity contribution >= 4 is 23.2 Å². The van der Waals surface area contributed by atoms with E-state index in [0.717, 1.165) is 24.1 Å². The van der Waals surface area contributed by atoms with Gasteiger partial charge in [-0.2, -0.15) is 0 Å². The zero-order valence-electron chi connectivity index (χ0n) is 9.90. The second-order valence-corrected chi connectivity index (χ2v) is 4.63. The highest BCUT2D eigenvalue weighted by molar-refractivity contribution is 5.97. The minimum atomic E-state index is 0.910. The van der Waals surface area contributed by atoms with Gasteiger partial charge in [0.25, 0.3) is 0 Å². The summed E-state index contributed by atoms with van der Waals surface area (Å²) in [6.07, 6.45) is 5.68. The summed E-state index contributed by atoms with van der Waals surface area (Å²) in [7, 11) is 0. The third kappa shape index (κ3) is 1.86. The Hall–Kier alpha value is -1.96. The third-order valence-corrected chi connectivity index (χ3v) is 3.15. The van der Waals surface area contributed by atoms with Crippen LogP contribution in [0.3, 0.4) is 0 Å². The molecule has 1 aromatic carbocycles. The lowest BCUT2D eigenvalue weighted by Gasteiger charge is -2.13. The molecule has 0 aromatic heterocycles. The Labute approximate surface area is 101 Å². The van der Waals surface area contributed by atoms with Gasteiger partial charge in [0.05, 0.1) is 5.69 Å². The van der Waals surface area contributed by atoms with Crippen LogP contribution >= 0.6 is 0 Å². The second-order valence-electron chi connectivity index (χ2n) is 4.63. The minimum Gasteiger partial charge on any atom is -0.265 e. The Morgan fingerprint density at radius 2 is 2.12 bits per heavy atom. The molecule has 3 rings (SSSR count). The average molecular weight is 222 g/mol. The van der Waals surface area contributed by atoms with Crippen LogP contribution in [0, 0.1) is 0 Å². The van der Waals surface area contributed by atoms with Crippen LogP contribution in [-0.2, 0) is 6.42 Å². The molecule has 2 heterocycles. The van der Waals surface area contributed by atoms with Crippen molar-refractivity contribution < 1.29 is 0 Å². The van der Waals surface area contributed by atoms with Crippen LogP contribution in [0.2, 0.25) is 0 Å². The van der Waals surface area contributed by atoms with Crippen LogP contribution in [-0.4, -0.2) is 11.9 Å². The molecule has 0 aliphatic carbocycles. The summed E-state index contributed by atoms with van der Waals surface area (Å²) in [6, 6.07) is 6.46. The van der Waals surface area contributed by atoms with Gasteiger partial charge in [-0.05, 0) is 35.3 Å². The fourth-order valence-electron chi connectivity index (χ4n) is 2.22. The Kier molecular flexibility index (Phi) is 2.29. The monoisotopic (exact) mass is 222 g/mol. The highest BCUT2D eigenvalue weighted by atomic mass is 14.7. The van der Waals surface area contributed by atoms with Crippen molar-refractivity contribution in [3.05, 3.63) is 47.7 Å². The SMILES string of the molecule is C=C1C=Nc2cc(C3=CN=C(C)C3)ccc2C1. The first kappa shape index (κ1) is 10.2. The molecule has 0 N–H and O–H groups in total. The van der Waals surface area contributed by atoms with E-state index in [1.54, 1.807) is 0 Å². The lowest BCUT2D eigenvalue weighted by molar-refractivity contribution is 1.19. The van der Waals surface area contributed by atoms with Gasteiger partial charge in [-0.1, -0.05) is 18.7 Å². The molecule has 17 heavy (non-hydrogen) atoms. The zero-order valence-corrected chi connectivity index (χ0v) is 9.90. The molecule has 2 heteroatoms. The van der Waals surface area contributed by atoms with E-state index in [0.29, 0.717) is 0 Å². The van der Waals surface area contributed by atoms with Gasteiger partial charge < -0.3 is 0 Å². The van der Waals surface area contributed by atoms with Crippen LogP contribution in [0.15, 0.2) is 46.5 Å². The van der Waals surface area contributed by atoms with Crippen molar-refractivity contribution in [3.8, 4) is 0 Å². The maximum atomic E-state index is 4.44. The van der Waals surface area contributed by atoms with Gasteiger partial charge in [0, 0.05) is 31.0 Å². The Balaban J connectivity index is 1.96. The molecule has 84 valence electrons. The standard InChI is InChI=1S/C15H14N2/c1-10-5-13-4-3-12(7-15(13)17-8-10)14-6-11(2)16-9-14/h3-4,7-9H,1,5-6H2,2H3. The molecule has 0 saturated heterocycles. The van der Waals surface area contributed by atoms with Crippen LogP contribution in [0.5, 0.6) is 0 Å². The topological polar surface area (TPSA) is 24.7 Å². The van der Waals surface area contributed by atoms with E-state index in [1.165, 1.54) is 22.4 Å². The van der Waals surface area contributed by atoms with E-state index in [4.69, 9.17) is 0 Å². The van der Waals surface area contributed by atoms with Crippen LogP contribution in [0.25, 0.3) is 5.57 Å². The maximum Gasteiger partial charge on any atom is 0.0671 e. The highest BCUT2D eigenvalue weighted by Crippen LogP contribution is 2.31. The first-order chi connectivity index (χ1) is 8.22. The fraction of sp³-hybridized carbons (Fsp3) is 0.200. The predicted molar refractivity (Wildman–Crippen MR) is 73.1 cm³/mol. The average Bonchev–Trinajstić information content (AvgIpc) is 2.75. The van der Waals surface area contributed by atoms with Crippen molar-refractivity contribution in [2.24, 2.45) is 9.98 Å². The number of hydrogen-bond donors (Lipinski definition) is 0. The molecule has 0 fully saturated rings. The quantitative estimate of drug-likeness (QED) is 0.692. The number of benzene rings is 1. The van der Waals surface area contributed by atoms with Crippen LogP contribution < -0.4 is 0 Å². The Morgan fingerprint density at radius 1 is 1.24 bits per heavy atom. The van der Waals surface area contributed by atoms with E-state index in [-0.39, 0.29) is 0 Å². The van der Waals surface area contributed by atoms with Crippen molar-refractivity contribution in [1.82, 2.24) is 0 Å². The summed E-state index contributed by atoms with van der Waals surface area (Å²) in [6.45, 7) is 6.00. The smallest absolute Gasteiger partial charge is 0.0671 e. The van der Waals surface area contributed by atoms with Gasteiger partial charge in [0.2, 0.25) is 0 Å². The van der Waals surface area contributed by atoms with Crippen LogP contribution in [0.4, 0.5) is 5.69 Å². The minimum absolute atomic E-state index is 0.910. The first-order valence-electron chi connectivity index (χ1n) is 5.80. The number of allylic oxidation sites excluding steroid dienone is 2. The Bertz CT molecular complexity index is 589. The van der Waals surface area contributed by atoms with Crippen molar-refractivity contribution in [3.63, 3.8) is 0 Å². The number of nitrogens with zero attached hydrogens (tertiary/aromatic N) is 2. The zero-order chi connectivity index (χ0) is 11.8. The normalized spacial score (nSPS) is 17.8. The van der Waals surface area contributed by atoms with E-state index in [1.807, 2.05) is 12.4 Å². The summed E-state index contributed by atoms with van der Waals surface area (Å²) in [5.41, 5.74) is 7.09. The van der Waals surface area contributed by atoms with Gasteiger partial charge in [0.1, 0.15) is 0 Å². The van der Waals surface area contributed by atoms with E-state index >= 15 is 0 Å². The maximum absolute atomic E-state index is 4.44. The molecule has 0 bridgehead atoms. The number of fused-ring (bicyclic) bond motifs is 1. The summed E-state index contributed by atoms with van der Waals surface area (Å²) in [5.74, 6) is 0. The summed E-state index contributed by atoms with van der Waals surface area (Å²) in [4.78, 5) is 8.76. The lowest BCUT2D eigenvalue weighted by Crippen LogP contribution is -1.98. The molecule has 2 aliphatic heterocycles. The molecular weight excluding hydrogens is 208 g/mol. The lowest BCUT2D eigenvalue weighted by atomic mass is 9.96. The van der Waals surface area contributed by atoms with Gasteiger partial charge >= 0.3 is 0 Å². The van der Waals surface area contributed by atoms with Crippen molar-refractivity contribution in [2.45, 2.75) is 19.8 Å². The molecule has 0 atom stereocenters. The van der Waals surface area contributed by atoms with Gasteiger partial charge in [-0.25, -0.2) is 0 Å². The highest BCUT2D eigenvalue weighted by Gasteiger charge is 2.13. The summed E-state index contributed by atoms with van der Waals surface area (Å²) < 4.78 is 0. The van der Waals surface area contributed by atoms with Crippen LogP contribution in [0.1, 0.15) is 24.5 Å². The fourth-order valence-corrected chi connectivity index (χ4v) is 2.22. The number of aliphatic imine (C=N–C) groups is 2. The van der Waals surface area contributed by atoms with E-state index < -0.39 is 0 Å². The Morgan fingerprint density at radius 3 is 2.88 bits per heavy atom. The van der Waals surface area contributed by atoms with E-state index in [2.05, 4.69) is 41.7 Å². The summed E-state index contributed by atoms with van der Waals surface area (Å²) >= 11 is 0. The first-order valence-corrected chi connectivity index (χ1v) is 5.80. The van der Waals surface area contributed by atoms with Crippen molar-refractivity contribution in [2.75, 3.05) is 0 Å². The number of rotatable bonds is 1. The molecule has 0 spiro atoms. The molecule has 0 saturated carbocycles. The second kappa shape index (κ2) is 3.81. The van der Waals surface area contributed by atoms with Crippen molar-refractivity contribution in [1.29, 1.82) is 0 Å². The van der Waals surface area contributed by atoms with Gasteiger partial charge in [0.15, 0.2) is 0 Å². The van der Waals surface area contributed by atoms with Gasteiger partial charge in [-0.3, -0.25) is 9.98 Å². The third-order valence-electron chi connectivity index (χ3n) is 3.15. The molecule has 2 aliphatic rings.